The summed E-state index contributed by atoms with van der Waals surface area (Å²) >= 11 is 0. The van der Waals surface area contributed by atoms with Crippen LogP contribution < -0.4 is 5.32 Å². The van der Waals surface area contributed by atoms with E-state index in [4.69, 9.17) is 4.84 Å². The second-order valence-corrected chi connectivity index (χ2v) is 15.5. The molecule has 3 saturated carbocycles. The van der Waals surface area contributed by atoms with E-state index < -0.39 is 0 Å². The summed E-state index contributed by atoms with van der Waals surface area (Å²) in [4.78, 5) is 20.9. The molecule has 4 fully saturated rings. The van der Waals surface area contributed by atoms with Crippen molar-refractivity contribution in [3.05, 3.63) is 47.5 Å². The number of nitrogens with zero attached hydrogens (tertiary/aromatic N) is 2. The summed E-state index contributed by atoms with van der Waals surface area (Å²) in [5.74, 6) is 2.51. The topological polar surface area (TPSA) is 74.2 Å². The molecule has 6 rings (SSSR count). The zero-order chi connectivity index (χ0) is 30.4. The SMILES string of the molecule is C[C@@H]1C[C@@](CCNC(=O)CON=C2C=C3CC[C@@H]4[C@@H](CC[C@@]5(C)[C@@H](O)CC[C@@H]45)[C@]3(C)CC2)(c2ccccc2)[C@H](C)CN1C. The molecule has 1 aromatic carbocycles. The van der Waals surface area contributed by atoms with Crippen LogP contribution in [-0.4, -0.2) is 60.5 Å². The summed E-state index contributed by atoms with van der Waals surface area (Å²) in [7, 11) is 2.22. The van der Waals surface area contributed by atoms with E-state index in [1.54, 1.807) is 0 Å². The molecule has 4 aliphatic carbocycles. The third kappa shape index (κ3) is 5.49. The Morgan fingerprint density at radius 1 is 1.07 bits per heavy atom. The number of hydrogen-bond donors (Lipinski definition) is 2. The molecule has 9 atom stereocenters. The molecule has 43 heavy (non-hydrogen) atoms. The van der Waals surface area contributed by atoms with E-state index in [0.29, 0.717) is 30.3 Å². The maximum absolute atomic E-state index is 12.8. The molecule has 2 N–H and O–H groups in total. The number of carbonyl (C=O) groups excluding carboxylic acids is 1. The van der Waals surface area contributed by atoms with Gasteiger partial charge in [-0.3, -0.25) is 4.79 Å². The first-order chi connectivity index (χ1) is 20.6. The molecular formula is C37H55N3O3. The van der Waals surface area contributed by atoms with Crippen molar-refractivity contribution in [2.24, 2.45) is 39.7 Å². The van der Waals surface area contributed by atoms with Gasteiger partial charge >= 0.3 is 0 Å². The molecule has 0 aromatic heterocycles. The van der Waals surface area contributed by atoms with Gasteiger partial charge in [-0.25, -0.2) is 0 Å². The average Bonchev–Trinajstić information content (AvgIpc) is 3.30. The first kappa shape index (κ1) is 30.8. The molecule has 0 radical (unpaired) electrons. The number of carbonyl (C=O) groups is 1. The van der Waals surface area contributed by atoms with Gasteiger partial charge in [-0.15, -0.1) is 0 Å². The highest BCUT2D eigenvalue weighted by Crippen LogP contribution is 2.65. The third-order valence-corrected chi connectivity index (χ3v) is 13.5. The van der Waals surface area contributed by atoms with Gasteiger partial charge in [-0.1, -0.05) is 61.8 Å². The van der Waals surface area contributed by atoms with E-state index in [0.717, 1.165) is 63.1 Å². The third-order valence-electron chi connectivity index (χ3n) is 13.5. The number of fused-ring (bicyclic) bond motifs is 5. The maximum Gasteiger partial charge on any atom is 0.260 e. The number of benzene rings is 1. The van der Waals surface area contributed by atoms with Crippen LogP contribution in [0, 0.1) is 34.5 Å². The van der Waals surface area contributed by atoms with E-state index in [1.807, 2.05) is 0 Å². The van der Waals surface area contributed by atoms with Crippen molar-refractivity contribution in [3.63, 3.8) is 0 Å². The van der Waals surface area contributed by atoms with Gasteiger partial charge in [0.1, 0.15) is 0 Å². The van der Waals surface area contributed by atoms with Crippen LogP contribution in [0.15, 0.2) is 47.1 Å². The van der Waals surface area contributed by atoms with Crippen molar-refractivity contribution in [1.29, 1.82) is 0 Å². The van der Waals surface area contributed by atoms with Crippen molar-refractivity contribution < 1.29 is 14.7 Å². The smallest absolute Gasteiger partial charge is 0.260 e. The standard InChI is InChI=1S/C37H55N3O3/c1-25-23-40(5)26(2)22-37(25,27-9-7-6-8-10-27)19-20-38-34(42)24-43-39-29-15-17-35(3)28(21-29)11-12-30-31-13-14-33(41)36(31,4)18-16-32(30)35/h6-10,21,25-26,30-33,41H,11-20,22-24H2,1-5H3,(H,38,42)/t25-,26-,30+,31+,32-,33+,35-,36-,37-/m1/s1. The molecule has 1 aliphatic heterocycles. The fourth-order valence-corrected chi connectivity index (χ4v) is 10.6. The number of allylic oxidation sites excluding steroid dienone is 2. The molecule has 0 spiro atoms. The Morgan fingerprint density at radius 2 is 1.86 bits per heavy atom. The number of aliphatic hydroxyl groups excluding tert-OH is 1. The molecule has 6 nitrogen and oxygen atoms in total. The zero-order valence-corrected chi connectivity index (χ0v) is 27.3. The Labute approximate surface area is 259 Å². The van der Waals surface area contributed by atoms with E-state index in [-0.39, 0.29) is 34.9 Å². The fraction of sp³-hybridized carbons (Fsp3) is 0.730. The molecule has 1 heterocycles. The van der Waals surface area contributed by atoms with Crippen LogP contribution in [0.25, 0.3) is 0 Å². The Morgan fingerprint density at radius 3 is 2.65 bits per heavy atom. The van der Waals surface area contributed by atoms with Crippen molar-refractivity contribution >= 4 is 11.6 Å². The molecule has 0 bridgehead atoms. The molecule has 5 aliphatic rings. The van der Waals surface area contributed by atoms with Gasteiger partial charge in [0.15, 0.2) is 6.61 Å². The maximum atomic E-state index is 12.8. The highest BCUT2D eigenvalue weighted by molar-refractivity contribution is 5.96. The number of rotatable bonds is 7. The number of oxime groups is 1. The number of piperidine rings is 1. The van der Waals surface area contributed by atoms with Crippen LogP contribution in [0.1, 0.15) is 97.5 Å². The first-order valence-corrected chi connectivity index (χ1v) is 17.2. The lowest BCUT2D eigenvalue weighted by atomic mass is 9.47. The first-order valence-electron chi connectivity index (χ1n) is 17.2. The minimum atomic E-state index is -0.117. The monoisotopic (exact) mass is 589 g/mol. The minimum absolute atomic E-state index is 0.0374. The Balaban J connectivity index is 1.03. The highest BCUT2D eigenvalue weighted by atomic mass is 16.6. The van der Waals surface area contributed by atoms with Gasteiger partial charge < -0.3 is 20.2 Å². The lowest BCUT2D eigenvalue weighted by Crippen LogP contribution is -2.52. The van der Waals surface area contributed by atoms with Crippen molar-refractivity contribution in [1.82, 2.24) is 10.2 Å². The summed E-state index contributed by atoms with van der Waals surface area (Å²) in [5.41, 5.74) is 4.30. The van der Waals surface area contributed by atoms with Gasteiger partial charge in [0.25, 0.3) is 5.91 Å². The number of nitrogens with one attached hydrogen (secondary N) is 1. The van der Waals surface area contributed by atoms with Gasteiger partial charge in [-0.05, 0) is 124 Å². The summed E-state index contributed by atoms with van der Waals surface area (Å²) in [6.07, 6.45) is 13.1. The van der Waals surface area contributed by atoms with E-state index >= 15 is 0 Å². The lowest BCUT2D eigenvalue weighted by Gasteiger charge is -2.57. The van der Waals surface area contributed by atoms with Gasteiger partial charge in [-0.2, -0.15) is 0 Å². The predicted octanol–water partition coefficient (Wildman–Crippen LogP) is 6.49. The van der Waals surface area contributed by atoms with E-state index in [1.165, 1.54) is 30.4 Å². The lowest BCUT2D eigenvalue weighted by molar-refractivity contribution is -0.125. The van der Waals surface area contributed by atoms with Crippen LogP contribution in [-0.2, 0) is 15.0 Å². The molecule has 1 amide bonds. The van der Waals surface area contributed by atoms with Gasteiger partial charge in [0, 0.05) is 24.5 Å². The van der Waals surface area contributed by atoms with Crippen LogP contribution in [0.2, 0.25) is 0 Å². The highest BCUT2D eigenvalue weighted by Gasteiger charge is 2.58. The second kappa shape index (κ2) is 12.0. The van der Waals surface area contributed by atoms with E-state index in [9.17, 15) is 9.90 Å². The Bertz CT molecular complexity index is 1230. The van der Waals surface area contributed by atoms with Crippen LogP contribution in [0.5, 0.6) is 0 Å². The van der Waals surface area contributed by atoms with Gasteiger partial charge in [0.05, 0.1) is 11.8 Å². The predicted molar refractivity (Wildman–Crippen MR) is 173 cm³/mol. The summed E-state index contributed by atoms with van der Waals surface area (Å²) < 4.78 is 0. The summed E-state index contributed by atoms with van der Waals surface area (Å²) in [5, 5.41) is 18.3. The van der Waals surface area contributed by atoms with Crippen LogP contribution in [0.4, 0.5) is 0 Å². The van der Waals surface area contributed by atoms with Crippen molar-refractivity contribution in [2.45, 2.75) is 109 Å². The molecule has 236 valence electrons. The molecular weight excluding hydrogens is 534 g/mol. The number of aliphatic hydroxyl groups is 1. The van der Waals surface area contributed by atoms with Crippen LogP contribution >= 0.6 is 0 Å². The number of hydrogen-bond acceptors (Lipinski definition) is 5. The molecule has 0 unspecified atom stereocenters. The van der Waals surface area contributed by atoms with Crippen molar-refractivity contribution in [3.8, 4) is 0 Å². The van der Waals surface area contributed by atoms with Crippen LogP contribution in [0.3, 0.4) is 0 Å². The van der Waals surface area contributed by atoms with Gasteiger partial charge in [0.2, 0.25) is 0 Å². The summed E-state index contributed by atoms with van der Waals surface area (Å²) in [6.45, 7) is 11.2. The molecule has 1 saturated heterocycles. The zero-order valence-electron chi connectivity index (χ0n) is 27.3. The van der Waals surface area contributed by atoms with Crippen molar-refractivity contribution in [2.75, 3.05) is 26.7 Å². The average molecular weight is 590 g/mol. The number of amides is 1. The fourth-order valence-electron chi connectivity index (χ4n) is 10.6. The minimum Gasteiger partial charge on any atom is -0.393 e. The van der Waals surface area contributed by atoms with E-state index in [2.05, 4.69) is 86.5 Å². The number of likely N-dealkylation sites (tertiary alicyclic amines) is 1. The quantitative estimate of drug-likeness (QED) is 0.357. The second-order valence-electron chi connectivity index (χ2n) is 15.5. The molecule has 1 aromatic rings. The normalized spacial score (nSPS) is 42.0. The summed E-state index contributed by atoms with van der Waals surface area (Å²) in [6, 6.07) is 11.4. The Hall–Kier alpha value is -2.18. The Kier molecular flexibility index (Phi) is 8.58. The molecule has 6 heteroatoms. The largest absolute Gasteiger partial charge is 0.393 e.